The Hall–Kier alpha value is -0.340. The van der Waals surface area contributed by atoms with E-state index < -0.39 is 10.0 Å². The summed E-state index contributed by atoms with van der Waals surface area (Å²) in [5.41, 5.74) is 5.99. The van der Waals surface area contributed by atoms with Gasteiger partial charge in [-0.3, -0.25) is 0 Å². The summed E-state index contributed by atoms with van der Waals surface area (Å²) in [7, 11) is -3.71. The number of rotatable bonds is 5. The quantitative estimate of drug-likeness (QED) is 0.776. The smallest absolute Gasteiger partial charge is 0.244 e. The monoisotopic (exact) mass is 368 g/mol. The van der Waals surface area contributed by atoms with Crippen molar-refractivity contribution >= 4 is 43.2 Å². The van der Waals surface area contributed by atoms with Gasteiger partial charge in [-0.25, -0.2) is 8.42 Å². The predicted molar refractivity (Wildman–Crippen MR) is 77.6 cm³/mol. The summed E-state index contributed by atoms with van der Waals surface area (Å²) in [4.78, 5) is 0.0397. The molecule has 1 aliphatic rings. The highest BCUT2D eigenvalue weighted by Gasteiger charge is 2.38. The van der Waals surface area contributed by atoms with Crippen molar-refractivity contribution in [3.63, 3.8) is 0 Å². The van der Waals surface area contributed by atoms with Crippen LogP contribution >= 0.6 is 27.5 Å². The highest BCUT2D eigenvalue weighted by molar-refractivity contribution is 9.10. The largest absolute Gasteiger partial charge is 0.398 e. The number of nitrogen functional groups attached to an aromatic ring is 1. The Balaban J connectivity index is 2.49. The fourth-order valence-electron chi connectivity index (χ4n) is 1.86. The maximum Gasteiger partial charge on any atom is 0.244 e. The average molecular weight is 370 g/mol. The Morgan fingerprint density at radius 2 is 2.11 bits per heavy atom. The van der Waals surface area contributed by atoms with Gasteiger partial charge in [-0.2, -0.15) is 4.31 Å². The third-order valence-electron chi connectivity index (χ3n) is 2.89. The molecule has 3 N–H and O–H groups in total. The third-order valence-corrected chi connectivity index (χ3v) is 6.23. The number of nitrogens with zero attached hydrogens (tertiary/aromatic N) is 1. The first-order valence-electron chi connectivity index (χ1n) is 5.75. The van der Waals surface area contributed by atoms with Gasteiger partial charge in [0.2, 0.25) is 10.0 Å². The van der Waals surface area contributed by atoms with Crippen molar-refractivity contribution in [2.75, 3.05) is 18.9 Å². The molecule has 0 amide bonds. The highest BCUT2D eigenvalue weighted by atomic mass is 79.9. The standard InChI is InChI=1S/C11H14BrClN2O3S/c12-11-9(14)5-7(13)6-10(11)19(17,18)15(3-4-16)8-1-2-8/h5-6,8,16H,1-4,14H2. The molecule has 0 aromatic heterocycles. The highest BCUT2D eigenvalue weighted by Crippen LogP contribution is 2.37. The van der Waals surface area contributed by atoms with Crippen molar-refractivity contribution in [2.45, 2.75) is 23.8 Å². The second-order valence-corrected chi connectivity index (χ2v) is 7.47. The number of aliphatic hydroxyl groups is 1. The molecule has 1 aliphatic carbocycles. The number of nitrogens with two attached hydrogens (primary N) is 1. The number of hydrogen-bond donors (Lipinski definition) is 2. The van der Waals surface area contributed by atoms with E-state index in [4.69, 9.17) is 22.4 Å². The van der Waals surface area contributed by atoms with E-state index in [1.165, 1.54) is 16.4 Å². The van der Waals surface area contributed by atoms with E-state index in [2.05, 4.69) is 15.9 Å². The number of sulfonamides is 1. The van der Waals surface area contributed by atoms with E-state index >= 15 is 0 Å². The van der Waals surface area contributed by atoms with Crippen LogP contribution in [0.1, 0.15) is 12.8 Å². The van der Waals surface area contributed by atoms with Crippen LogP contribution in [0.15, 0.2) is 21.5 Å². The zero-order valence-corrected chi connectivity index (χ0v) is 13.2. The van der Waals surface area contributed by atoms with Gasteiger partial charge in [-0.15, -0.1) is 0 Å². The topological polar surface area (TPSA) is 83.6 Å². The zero-order valence-electron chi connectivity index (χ0n) is 10.0. The van der Waals surface area contributed by atoms with Gasteiger partial charge in [0.1, 0.15) is 0 Å². The van der Waals surface area contributed by atoms with Crippen LogP contribution in [0.2, 0.25) is 5.02 Å². The molecular weight excluding hydrogens is 356 g/mol. The predicted octanol–water partition coefficient (Wildman–Crippen LogP) is 1.83. The average Bonchev–Trinajstić information content (AvgIpc) is 3.14. The molecule has 1 saturated carbocycles. The Kier molecular flexibility index (Phi) is 4.42. The van der Waals surface area contributed by atoms with Crippen molar-refractivity contribution in [3.8, 4) is 0 Å². The van der Waals surface area contributed by atoms with Crippen LogP contribution in [-0.2, 0) is 10.0 Å². The molecule has 0 unspecified atom stereocenters. The lowest BCUT2D eigenvalue weighted by Crippen LogP contribution is -2.35. The van der Waals surface area contributed by atoms with Crippen LogP contribution in [0, 0.1) is 0 Å². The van der Waals surface area contributed by atoms with Gasteiger partial charge in [0.05, 0.1) is 16.0 Å². The minimum absolute atomic E-state index is 0.0377. The van der Waals surface area contributed by atoms with E-state index in [0.717, 1.165) is 12.8 Å². The zero-order chi connectivity index (χ0) is 14.2. The molecule has 8 heteroatoms. The van der Waals surface area contributed by atoms with Crippen LogP contribution in [0.5, 0.6) is 0 Å². The Labute approximate surface area is 125 Å². The summed E-state index contributed by atoms with van der Waals surface area (Å²) in [5, 5.41) is 9.30. The molecule has 5 nitrogen and oxygen atoms in total. The molecule has 0 bridgehead atoms. The lowest BCUT2D eigenvalue weighted by Gasteiger charge is -2.22. The second-order valence-electron chi connectivity index (χ2n) is 4.38. The summed E-state index contributed by atoms with van der Waals surface area (Å²) in [5.74, 6) is 0. The van der Waals surface area contributed by atoms with Gasteiger partial charge in [0, 0.05) is 23.3 Å². The van der Waals surface area contributed by atoms with Gasteiger partial charge in [0.25, 0.3) is 0 Å². The summed E-state index contributed by atoms with van der Waals surface area (Å²) in [6.07, 6.45) is 1.62. The van der Waals surface area contributed by atoms with E-state index in [9.17, 15) is 8.42 Å². The first-order valence-corrected chi connectivity index (χ1v) is 8.36. The van der Waals surface area contributed by atoms with E-state index in [-0.39, 0.29) is 34.8 Å². The molecule has 0 atom stereocenters. The molecule has 0 saturated heterocycles. The molecule has 2 rings (SSSR count). The van der Waals surface area contributed by atoms with E-state index in [1.54, 1.807) is 0 Å². The molecule has 0 heterocycles. The summed E-state index contributed by atoms with van der Waals surface area (Å²) >= 11 is 9.06. The normalized spacial score (nSPS) is 16.0. The Morgan fingerprint density at radius 1 is 1.47 bits per heavy atom. The van der Waals surface area contributed by atoms with Crippen molar-refractivity contribution in [3.05, 3.63) is 21.6 Å². The molecule has 0 spiro atoms. The van der Waals surface area contributed by atoms with E-state index in [1.807, 2.05) is 0 Å². The van der Waals surface area contributed by atoms with Gasteiger partial charge >= 0.3 is 0 Å². The molecular formula is C11H14BrClN2O3S. The maximum absolute atomic E-state index is 12.6. The van der Waals surface area contributed by atoms with Crippen LogP contribution in [0.4, 0.5) is 5.69 Å². The lowest BCUT2D eigenvalue weighted by atomic mass is 10.3. The molecule has 19 heavy (non-hydrogen) atoms. The van der Waals surface area contributed by atoms with Gasteiger partial charge < -0.3 is 10.8 Å². The van der Waals surface area contributed by atoms with Crippen molar-refractivity contribution in [2.24, 2.45) is 0 Å². The number of benzene rings is 1. The summed E-state index contributed by atoms with van der Waals surface area (Å²) in [6, 6.07) is 2.81. The molecule has 0 aliphatic heterocycles. The van der Waals surface area contributed by atoms with Gasteiger partial charge in [0.15, 0.2) is 0 Å². The van der Waals surface area contributed by atoms with E-state index in [0.29, 0.717) is 4.47 Å². The molecule has 1 aromatic carbocycles. The summed E-state index contributed by atoms with van der Waals surface area (Å²) < 4.78 is 26.8. The molecule has 0 radical (unpaired) electrons. The van der Waals surface area contributed by atoms with Crippen LogP contribution < -0.4 is 5.73 Å². The fraction of sp³-hybridized carbons (Fsp3) is 0.455. The Morgan fingerprint density at radius 3 is 2.63 bits per heavy atom. The lowest BCUT2D eigenvalue weighted by molar-refractivity contribution is 0.250. The van der Waals surface area contributed by atoms with Gasteiger partial charge in [-0.05, 0) is 40.9 Å². The molecule has 1 fully saturated rings. The van der Waals surface area contributed by atoms with Crippen molar-refractivity contribution < 1.29 is 13.5 Å². The first kappa shape index (κ1) is 15.1. The van der Waals surface area contributed by atoms with Crippen molar-refractivity contribution in [1.29, 1.82) is 0 Å². The number of hydrogen-bond acceptors (Lipinski definition) is 4. The minimum Gasteiger partial charge on any atom is -0.398 e. The van der Waals surface area contributed by atoms with Gasteiger partial charge in [-0.1, -0.05) is 11.6 Å². The SMILES string of the molecule is Nc1cc(Cl)cc(S(=O)(=O)N(CCO)C2CC2)c1Br. The summed E-state index contributed by atoms with van der Waals surface area (Å²) in [6.45, 7) is -0.144. The minimum atomic E-state index is -3.71. The number of anilines is 1. The maximum atomic E-state index is 12.6. The number of aliphatic hydroxyl groups excluding tert-OH is 1. The van der Waals surface area contributed by atoms with Crippen molar-refractivity contribution in [1.82, 2.24) is 4.31 Å². The fourth-order valence-corrected chi connectivity index (χ4v) is 4.79. The van der Waals surface area contributed by atoms with Crippen LogP contribution in [-0.4, -0.2) is 37.0 Å². The second kappa shape index (κ2) is 5.57. The number of halogens is 2. The third kappa shape index (κ3) is 3.05. The Bertz CT molecular complexity index is 590. The molecule has 106 valence electrons. The first-order chi connectivity index (χ1) is 8.87. The van der Waals surface area contributed by atoms with Crippen LogP contribution in [0.25, 0.3) is 0 Å². The van der Waals surface area contributed by atoms with Crippen LogP contribution in [0.3, 0.4) is 0 Å². The molecule has 1 aromatic rings.